The molecule has 19 heavy (non-hydrogen) atoms. The summed E-state index contributed by atoms with van der Waals surface area (Å²) in [5, 5.41) is 3.31. The Balaban J connectivity index is 2.12. The van der Waals surface area contributed by atoms with Gasteiger partial charge in [-0.25, -0.2) is 0 Å². The molecule has 1 aromatic rings. The molecule has 0 spiro atoms. The zero-order valence-electron chi connectivity index (χ0n) is 11.3. The average molecular weight is 284 g/mol. The molecule has 0 bridgehead atoms. The van der Waals surface area contributed by atoms with Crippen molar-refractivity contribution in [3.63, 3.8) is 0 Å². The highest BCUT2D eigenvalue weighted by molar-refractivity contribution is 6.32. The molecule has 1 fully saturated rings. The van der Waals surface area contributed by atoms with Crippen LogP contribution in [-0.2, 0) is 9.53 Å². The summed E-state index contributed by atoms with van der Waals surface area (Å²) in [5.74, 6) is 0.737. The van der Waals surface area contributed by atoms with Crippen molar-refractivity contribution in [3.8, 4) is 5.75 Å². The van der Waals surface area contributed by atoms with E-state index in [1.807, 2.05) is 6.92 Å². The lowest BCUT2D eigenvalue weighted by Gasteiger charge is -2.26. The molecule has 2 rings (SSSR count). The average Bonchev–Trinajstić information content (AvgIpc) is 3.22. The summed E-state index contributed by atoms with van der Waals surface area (Å²) in [4.78, 5) is 12.3. The third-order valence-electron chi connectivity index (χ3n) is 3.64. The van der Waals surface area contributed by atoms with Gasteiger partial charge in [0.2, 0.25) is 0 Å². The van der Waals surface area contributed by atoms with Crippen molar-refractivity contribution in [3.05, 3.63) is 23.2 Å². The predicted molar refractivity (Wildman–Crippen MR) is 74.8 cm³/mol. The molecule has 1 amide bonds. The molecule has 5 heteroatoms. The van der Waals surface area contributed by atoms with Crippen molar-refractivity contribution in [1.82, 2.24) is 0 Å². The van der Waals surface area contributed by atoms with Crippen LogP contribution in [-0.4, -0.2) is 25.7 Å². The molecule has 1 aliphatic rings. The van der Waals surface area contributed by atoms with Gasteiger partial charge in [0.1, 0.15) is 11.4 Å². The topological polar surface area (TPSA) is 47.6 Å². The molecule has 0 aliphatic heterocycles. The Bertz CT molecular complexity index is 488. The minimum atomic E-state index is -0.771. The molecule has 1 atom stereocenters. The molecule has 0 saturated heterocycles. The molecule has 1 aromatic carbocycles. The van der Waals surface area contributed by atoms with Crippen molar-refractivity contribution in [1.29, 1.82) is 0 Å². The Hall–Kier alpha value is -1.26. The van der Waals surface area contributed by atoms with Crippen LogP contribution in [0.5, 0.6) is 5.75 Å². The second-order valence-corrected chi connectivity index (χ2v) is 5.30. The lowest BCUT2D eigenvalue weighted by atomic mass is 9.99. The number of benzene rings is 1. The first-order valence-electron chi connectivity index (χ1n) is 6.21. The molecule has 0 aromatic heterocycles. The van der Waals surface area contributed by atoms with Crippen LogP contribution >= 0.6 is 11.6 Å². The molecular formula is C14H18ClNO3. The number of nitrogens with one attached hydrogen (secondary N) is 1. The Morgan fingerprint density at radius 3 is 2.58 bits per heavy atom. The van der Waals surface area contributed by atoms with Crippen LogP contribution in [0.4, 0.5) is 5.69 Å². The fraction of sp³-hybridized carbons (Fsp3) is 0.500. The summed E-state index contributed by atoms with van der Waals surface area (Å²) in [6.07, 6.45) is 2.06. The van der Waals surface area contributed by atoms with E-state index in [1.165, 1.54) is 0 Å². The van der Waals surface area contributed by atoms with Gasteiger partial charge in [0.25, 0.3) is 5.91 Å². The number of rotatable bonds is 5. The highest BCUT2D eigenvalue weighted by atomic mass is 35.5. The van der Waals surface area contributed by atoms with E-state index in [4.69, 9.17) is 21.1 Å². The van der Waals surface area contributed by atoms with E-state index in [9.17, 15) is 4.79 Å². The van der Waals surface area contributed by atoms with Gasteiger partial charge >= 0.3 is 0 Å². The molecule has 0 radical (unpaired) electrons. The van der Waals surface area contributed by atoms with E-state index in [-0.39, 0.29) is 5.91 Å². The summed E-state index contributed by atoms with van der Waals surface area (Å²) in [6.45, 7) is 1.82. The number of carbonyl (C=O) groups is 1. The van der Waals surface area contributed by atoms with Gasteiger partial charge in [-0.05, 0) is 43.9 Å². The number of ether oxygens (including phenoxy) is 2. The van der Waals surface area contributed by atoms with Crippen molar-refractivity contribution >= 4 is 23.2 Å². The fourth-order valence-electron chi connectivity index (χ4n) is 2.08. The monoisotopic (exact) mass is 283 g/mol. The zero-order valence-corrected chi connectivity index (χ0v) is 12.1. The number of methoxy groups -OCH3 is 2. The summed E-state index contributed by atoms with van der Waals surface area (Å²) in [7, 11) is 3.12. The number of hydrogen-bond donors (Lipinski definition) is 1. The number of anilines is 1. The number of halogens is 1. The molecule has 0 unspecified atom stereocenters. The van der Waals surface area contributed by atoms with Gasteiger partial charge in [0, 0.05) is 12.8 Å². The van der Waals surface area contributed by atoms with E-state index in [1.54, 1.807) is 32.4 Å². The molecule has 4 nitrogen and oxygen atoms in total. The summed E-state index contributed by atoms with van der Waals surface area (Å²) in [5.41, 5.74) is -0.133. The van der Waals surface area contributed by atoms with Crippen LogP contribution < -0.4 is 10.1 Å². The Labute approximate surface area is 118 Å². The first-order valence-corrected chi connectivity index (χ1v) is 6.59. The van der Waals surface area contributed by atoms with Crippen LogP contribution in [0.3, 0.4) is 0 Å². The maximum atomic E-state index is 12.3. The normalized spacial score (nSPS) is 17.7. The van der Waals surface area contributed by atoms with E-state index >= 15 is 0 Å². The van der Waals surface area contributed by atoms with E-state index in [2.05, 4.69) is 5.32 Å². The van der Waals surface area contributed by atoms with Gasteiger partial charge in [-0.2, -0.15) is 0 Å². The first kappa shape index (κ1) is 14.2. The first-order chi connectivity index (χ1) is 9.01. The predicted octanol–water partition coefficient (Wildman–Crippen LogP) is 3.10. The van der Waals surface area contributed by atoms with Gasteiger partial charge in [-0.1, -0.05) is 11.6 Å². The molecule has 0 heterocycles. The second kappa shape index (κ2) is 5.39. The smallest absolute Gasteiger partial charge is 0.256 e. The third kappa shape index (κ3) is 2.85. The SMILES string of the molecule is COc1ccc(NC(=O)[C@@](C)(OC)C2CC2)cc1Cl. The second-order valence-electron chi connectivity index (χ2n) is 4.89. The minimum Gasteiger partial charge on any atom is -0.495 e. The Morgan fingerprint density at radius 2 is 2.11 bits per heavy atom. The summed E-state index contributed by atoms with van der Waals surface area (Å²) < 4.78 is 10.5. The Kier molecular flexibility index (Phi) is 4.02. The Morgan fingerprint density at radius 1 is 1.42 bits per heavy atom. The maximum absolute atomic E-state index is 12.3. The largest absolute Gasteiger partial charge is 0.495 e. The van der Waals surface area contributed by atoms with Crippen molar-refractivity contribution in [2.75, 3.05) is 19.5 Å². The van der Waals surface area contributed by atoms with Crippen LogP contribution in [0.25, 0.3) is 0 Å². The van der Waals surface area contributed by atoms with E-state index < -0.39 is 5.60 Å². The lowest BCUT2D eigenvalue weighted by Crippen LogP contribution is -2.44. The van der Waals surface area contributed by atoms with Crippen molar-refractivity contribution in [2.24, 2.45) is 5.92 Å². The minimum absolute atomic E-state index is 0.140. The number of hydrogen-bond acceptors (Lipinski definition) is 3. The zero-order chi connectivity index (χ0) is 14.0. The summed E-state index contributed by atoms with van der Waals surface area (Å²) >= 11 is 6.03. The van der Waals surface area contributed by atoms with Gasteiger partial charge in [-0.15, -0.1) is 0 Å². The van der Waals surface area contributed by atoms with Crippen LogP contribution in [0.15, 0.2) is 18.2 Å². The lowest BCUT2D eigenvalue weighted by molar-refractivity contribution is -0.138. The van der Waals surface area contributed by atoms with Crippen molar-refractivity contribution in [2.45, 2.75) is 25.4 Å². The molecule has 104 valence electrons. The third-order valence-corrected chi connectivity index (χ3v) is 3.94. The fourth-order valence-corrected chi connectivity index (χ4v) is 2.34. The number of amides is 1. The number of carbonyl (C=O) groups excluding carboxylic acids is 1. The van der Waals surface area contributed by atoms with Gasteiger partial charge < -0.3 is 14.8 Å². The molecule has 1 aliphatic carbocycles. The van der Waals surface area contributed by atoms with Crippen molar-refractivity contribution < 1.29 is 14.3 Å². The molecule has 1 saturated carbocycles. The van der Waals surface area contributed by atoms with Gasteiger partial charge in [0.05, 0.1) is 12.1 Å². The maximum Gasteiger partial charge on any atom is 0.256 e. The molecular weight excluding hydrogens is 266 g/mol. The van der Waals surface area contributed by atoms with E-state index in [0.29, 0.717) is 22.4 Å². The highest BCUT2D eigenvalue weighted by Crippen LogP contribution is 2.42. The van der Waals surface area contributed by atoms with Crippen LogP contribution in [0.2, 0.25) is 5.02 Å². The quantitative estimate of drug-likeness (QED) is 0.903. The molecule has 1 N–H and O–H groups in total. The standard InChI is InChI=1S/C14H18ClNO3/c1-14(19-3,9-4-5-9)13(17)16-10-6-7-12(18-2)11(15)8-10/h6-9H,4-5H2,1-3H3,(H,16,17)/t14-/m0/s1. The highest BCUT2D eigenvalue weighted by Gasteiger charge is 2.47. The van der Waals surface area contributed by atoms with Gasteiger partial charge in [0.15, 0.2) is 0 Å². The van der Waals surface area contributed by atoms with Crippen LogP contribution in [0, 0.1) is 5.92 Å². The van der Waals surface area contributed by atoms with Crippen LogP contribution in [0.1, 0.15) is 19.8 Å². The van der Waals surface area contributed by atoms with E-state index in [0.717, 1.165) is 12.8 Å². The van der Waals surface area contributed by atoms with Gasteiger partial charge in [-0.3, -0.25) is 4.79 Å². The summed E-state index contributed by atoms with van der Waals surface area (Å²) in [6, 6.07) is 5.14.